The average Bonchev–Trinajstić information content (AvgIpc) is 3.06. The van der Waals surface area contributed by atoms with Gasteiger partial charge >= 0.3 is 0 Å². The standard InChI is InChI=1S/C18H25FN4O2/c1-13(2)16-11-14(25-22-16)12-21-18(20-3)23(4)9-10-24-17-8-6-5-7-15(17)19/h5-8,11,13H,9-10,12H2,1-4H3,(H,20,21). The second kappa shape index (κ2) is 9.05. The zero-order valence-corrected chi connectivity index (χ0v) is 15.1. The predicted octanol–water partition coefficient (Wildman–Crippen LogP) is 3.02. The molecule has 25 heavy (non-hydrogen) atoms. The van der Waals surface area contributed by atoms with Crippen LogP contribution in [0.25, 0.3) is 0 Å². The molecule has 1 aromatic carbocycles. The maximum absolute atomic E-state index is 13.5. The summed E-state index contributed by atoms with van der Waals surface area (Å²) in [7, 11) is 3.59. The number of likely N-dealkylation sites (N-methyl/N-ethyl adjacent to an activating group) is 1. The average molecular weight is 348 g/mol. The minimum Gasteiger partial charge on any atom is -0.489 e. The van der Waals surface area contributed by atoms with Gasteiger partial charge in [-0.05, 0) is 18.1 Å². The minimum absolute atomic E-state index is 0.252. The highest BCUT2D eigenvalue weighted by Gasteiger charge is 2.10. The molecular formula is C18H25FN4O2. The summed E-state index contributed by atoms with van der Waals surface area (Å²) in [4.78, 5) is 6.13. The molecule has 7 heteroatoms. The van der Waals surface area contributed by atoms with Crippen molar-refractivity contribution in [1.29, 1.82) is 0 Å². The topological polar surface area (TPSA) is 62.9 Å². The molecule has 0 aliphatic rings. The zero-order valence-electron chi connectivity index (χ0n) is 15.1. The van der Waals surface area contributed by atoms with Crippen LogP contribution in [0.4, 0.5) is 4.39 Å². The highest BCUT2D eigenvalue weighted by atomic mass is 19.1. The van der Waals surface area contributed by atoms with E-state index in [-0.39, 0.29) is 11.6 Å². The minimum atomic E-state index is -0.362. The van der Waals surface area contributed by atoms with E-state index >= 15 is 0 Å². The fourth-order valence-corrected chi connectivity index (χ4v) is 2.20. The van der Waals surface area contributed by atoms with E-state index in [0.717, 1.165) is 11.5 Å². The van der Waals surface area contributed by atoms with Crippen LogP contribution in [0, 0.1) is 5.82 Å². The first-order valence-electron chi connectivity index (χ1n) is 8.26. The Morgan fingerprint density at radius 2 is 2.16 bits per heavy atom. The summed E-state index contributed by atoms with van der Waals surface area (Å²) in [6, 6.07) is 8.30. The Labute approximate surface area is 147 Å². The Kier molecular flexibility index (Phi) is 6.80. The monoisotopic (exact) mass is 348 g/mol. The van der Waals surface area contributed by atoms with E-state index in [1.54, 1.807) is 25.2 Å². The molecule has 0 unspecified atom stereocenters. The summed E-state index contributed by atoms with van der Waals surface area (Å²) >= 11 is 0. The quantitative estimate of drug-likeness (QED) is 0.615. The lowest BCUT2D eigenvalue weighted by Gasteiger charge is -2.21. The number of halogens is 1. The molecule has 0 atom stereocenters. The van der Waals surface area contributed by atoms with Crippen LogP contribution in [0.5, 0.6) is 5.75 Å². The number of guanidine groups is 1. The summed E-state index contributed by atoms with van der Waals surface area (Å²) in [6.07, 6.45) is 0. The number of aromatic nitrogens is 1. The van der Waals surface area contributed by atoms with Crippen molar-refractivity contribution in [2.75, 3.05) is 27.2 Å². The van der Waals surface area contributed by atoms with Crippen molar-refractivity contribution >= 4 is 5.96 Å². The van der Waals surface area contributed by atoms with Crippen LogP contribution in [0.3, 0.4) is 0 Å². The van der Waals surface area contributed by atoms with E-state index in [2.05, 4.69) is 29.3 Å². The molecule has 1 heterocycles. The second-order valence-corrected chi connectivity index (χ2v) is 5.97. The van der Waals surface area contributed by atoms with Crippen molar-refractivity contribution in [1.82, 2.24) is 15.4 Å². The van der Waals surface area contributed by atoms with Gasteiger partial charge in [0.15, 0.2) is 23.3 Å². The molecule has 2 rings (SSSR count). The number of hydrogen-bond acceptors (Lipinski definition) is 4. The van der Waals surface area contributed by atoms with Gasteiger partial charge in [-0.1, -0.05) is 31.1 Å². The van der Waals surface area contributed by atoms with Crippen LogP contribution >= 0.6 is 0 Å². The fraction of sp³-hybridized carbons (Fsp3) is 0.444. The number of rotatable bonds is 7. The molecule has 136 valence electrons. The molecule has 0 bridgehead atoms. The first kappa shape index (κ1) is 18.8. The highest BCUT2D eigenvalue weighted by molar-refractivity contribution is 5.79. The molecule has 0 saturated carbocycles. The number of benzene rings is 1. The fourth-order valence-electron chi connectivity index (χ4n) is 2.20. The first-order chi connectivity index (χ1) is 12.0. The molecule has 0 amide bonds. The second-order valence-electron chi connectivity index (χ2n) is 5.97. The van der Waals surface area contributed by atoms with E-state index in [1.165, 1.54) is 6.07 Å². The van der Waals surface area contributed by atoms with Gasteiger partial charge < -0.3 is 19.5 Å². The van der Waals surface area contributed by atoms with Gasteiger partial charge in [0.1, 0.15) is 6.61 Å². The number of para-hydroxylation sites is 1. The van der Waals surface area contributed by atoms with Crippen molar-refractivity contribution in [2.45, 2.75) is 26.3 Å². The lowest BCUT2D eigenvalue weighted by atomic mass is 10.1. The van der Waals surface area contributed by atoms with Gasteiger partial charge in [-0.15, -0.1) is 0 Å². The number of aliphatic imine (C=N–C) groups is 1. The third kappa shape index (κ3) is 5.48. The smallest absolute Gasteiger partial charge is 0.193 e. The lowest BCUT2D eigenvalue weighted by molar-refractivity contribution is 0.269. The first-order valence-corrected chi connectivity index (χ1v) is 8.26. The predicted molar refractivity (Wildman–Crippen MR) is 95.3 cm³/mol. The lowest BCUT2D eigenvalue weighted by Crippen LogP contribution is -2.40. The molecule has 1 N–H and O–H groups in total. The molecule has 0 fully saturated rings. The van der Waals surface area contributed by atoms with Gasteiger partial charge in [-0.3, -0.25) is 4.99 Å². The van der Waals surface area contributed by atoms with Crippen LogP contribution in [-0.2, 0) is 6.54 Å². The molecule has 0 saturated heterocycles. The highest BCUT2D eigenvalue weighted by Crippen LogP contribution is 2.15. The largest absolute Gasteiger partial charge is 0.489 e. The van der Waals surface area contributed by atoms with Gasteiger partial charge in [0.25, 0.3) is 0 Å². The third-order valence-corrected chi connectivity index (χ3v) is 3.68. The Bertz CT molecular complexity index is 700. The SMILES string of the molecule is CN=C(NCc1cc(C(C)C)no1)N(C)CCOc1ccccc1F. The van der Waals surface area contributed by atoms with E-state index in [9.17, 15) is 4.39 Å². The molecule has 0 spiro atoms. The maximum atomic E-state index is 13.5. The summed E-state index contributed by atoms with van der Waals surface area (Å²) in [6.45, 7) is 5.53. The van der Waals surface area contributed by atoms with Crippen molar-refractivity contribution in [3.63, 3.8) is 0 Å². The van der Waals surface area contributed by atoms with E-state index in [0.29, 0.717) is 31.6 Å². The van der Waals surface area contributed by atoms with Crippen LogP contribution in [0.2, 0.25) is 0 Å². The molecule has 2 aromatic rings. The summed E-state index contributed by atoms with van der Waals surface area (Å²) in [5.74, 6) is 1.66. The van der Waals surface area contributed by atoms with Crippen LogP contribution in [-0.4, -0.2) is 43.3 Å². The van der Waals surface area contributed by atoms with Crippen LogP contribution in [0.1, 0.15) is 31.2 Å². The number of nitrogens with one attached hydrogen (secondary N) is 1. The van der Waals surface area contributed by atoms with Gasteiger partial charge in [0.2, 0.25) is 0 Å². The van der Waals surface area contributed by atoms with Crippen molar-refractivity contribution in [2.24, 2.45) is 4.99 Å². The Morgan fingerprint density at radius 3 is 2.80 bits per heavy atom. The van der Waals surface area contributed by atoms with Gasteiger partial charge in [-0.2, -0.15) is 0 Å². The molecule has 1 aromatic heterocycles. The van der Waals surface area contributed by atoms with E-state index in [1.807, 2.05) is 18.0 Å². The molecule has 0 aliphatic heterocycles. The van der Waals surface area contributed by atoms with Gasteiger partial charge in [-0.25, -0.2) is 4.39 Å². The Hall–Kier alpha value is -2.57. The normalized spacial score (nSPS) is 11.7. The summed E-state index contributed by atoms with van der Waals surface area (Å²) < 4.78 is 24.3. The van der Waals surface area contributed by atoms with Crippen molar-refractivity contribution < 1.29 is 13.7 Å². The van der Waals surface area contributed by atoms with E-state index < -0.39 is 0 Å². The van der Waals surface area contributed by atoms with Crippen LogP contribution in [0.15, 0.2) is 39.8 Å². The number of ether oxygens (including phenoxy) is 1. The number of nitrogens with zero attached hydrogens (tertiary/aromatic N) is 3. The Balaban J connectivity index is 1.80. The van der Waals surface area contributed by atoms with Gasteiger partial charge in [0.05, 0.1) is 18.8 Å². The third-order valence-electron chi connectivity index (χ3n) is 3.68. The summed E-state index contributed by atoms with van der Waals surface area (Å²) in [5.41, 5.74) is 0.929. The molecule has 0 radical (unpaired) electrons. The van der Waals surface area contributed by atoms with E-state index in [4.69, 9.17) is 9.26 Å². The van der Waals surface area contributed by atoms with Gasteiger partial charge in [0, 0.05) is 20.2 Å². The van der Waals surface area contributed by atoms with Crippen molar-refractivity contribution in [3.05, 3.63) is 47.6 Å². The number of hydrogen-bond donors (Lipinski definition) is 1. The van der Waals surface area contributed by atoms with Crippen LogP contribution < -0.4 is 10.1 Å². The Morgan fingerprint density at radius 1 is 1.40 bits per heavy atom. The van der Waals surface area contributed by atoms with Crippen molar-refractivity contribution in [3.8, 4) is 5.75 Å². The molecular weight excluding hydrogens is 323 g/mol. The summed E-state index contributed by atoms with van der Waals surface area (Å²) in [5, 5.41) is 7.24. The maximum Gasteiger partial charge on any atom is 0.193 e. The molecule has 6 nitrogen and oxygen atoms in total. The molecule has 0 aliphatic carbocycles. The zero-order chi connectivity index (χ0) is 18.2.